The third kappa shape index (κ3) is 4.59. The van der Waals surface area contributed by atoms with E-state index < -0.39 is 15.7 Å². The van der Waals surface area contributed by atoms with Crippen LogP contribution in [0.15, 0.2) is 76.5 Å². The second kappa shape index (κ2) is 10.0. The van der Waals surface area contributed by atoms with Crippen molar-refractivity contribution in [3.05, 3.63) is 89.0 Å². The van der Waals surface area contributed by atoms with Crippen LogP contribution in [0, 0.1) is 0 Å². The van der Waals surface area contributed by atoms with Crippen LogP contribution >= 0.6 is 0 Å². The summed E-state index contributed by atoms with van der Waals surface area (Å²) in [5.74, 6) is -0.0396. The first kappa shape index (κ1) is 24.6. The third-order valence-electron chi connectivity index (χ3n) is 6.39. The molecule has 0 aliphatic carbocycles. The van der Waals surface area contributed by atoms with E-state index in [0.29, 0.717) is 6.54 Å². The number of sulfone groups is 1. The highest BCUT2D eigenvalue weighted by molar-refractivity contribution is 7.91. The van der Waals surface area contributed by atoms with Crippen LogP contribution < -0.4 is 10.1 Å². The van der Waals surface area contributed by atoms with Gasteiger partial charge in [-0.25, -0.2) is 8.42 Å². The summed E-state index contributed by atoms with van der Waals surface area (Å²) in [6, 6.07) is 18.0. The second-order valence-corrected chi connectivity index (χ2v) is 10.1. The Kier molecular flexibility index (Phi) is 7.05. The van der Waals surface area contributed by atoms with Crippen LogP contribution in [0.2, 0.25) is 0 Å². The molecule has 0 unspecified atom stereocenters. The number of ether oxygens (including phenoxy) is 1. The summed E-state index contributed by atoms with van der Waals surface area (Å²) in [6.07, 6.45) is 0. The summed E-state index contributed by atoms with van der Waals surface area (Å²) in [7, 11) is -2.30. The second-order valence-electron chi connectivity index (χ2n) is 8.26. The molecule has 4 rings (SSSR count). The molecule has 3 aromatic rings. The molecule has 182 valence electrons. The van der Waals surface area contributed by atoms with Crippen molar-refractivity contribution in [2.45, 2.75) is 29.7 Å². The first-order valence-electron chi connectivity index (χ1n) is 11.5. The molecule has 1 amide bonds. The highest BCUT2D eigenvalue weighted by Gasteiger charge is 2.35. The van der Waals surface area contributed by atoms with E-state index in [9.17, 15) is 18.0 Å². The van der Waals surface area contributed by atoms with Crippen LogP contribution in [0.25, 0.3) is 0 Å². The van der Waals surface area contributed by atoms with Gasteiger partial charge in [0.2, 0.25) is 9.84 Å². The zero-order valence-corrected chi connectivity index (χ0v) is 20.8. The number of likely N-dealkylation sites (N-methyl/N-ethyl adjacent to an activating group) is 1. The fraction of sp³-hybridized carbons (Fsp3) is 0.259. The fourth-order valence-electron chi connectivity index (χ4n) is 4.49. The smallest absolute Gasteiger partial charge is 0.251 e. The molecular formula is C27H28N2O5S. The first-order valence-corrected chi connectivity index (χ1v) is 13.0. The lowest BCUT2D eigenvalue weighted by molar-refractivity contribution is 0.0933. The predicted molar refractivity (Wildman–Crippen MR) is 133 cm³/mol. The third-order valence-corrected chi connectivity index (χ3v) is 8.24. The molecule has 0 saturated carbocycles. The van der Waals surface area contributed by atoms with Gasteiger partial charge in [-0.1, -0.05) is 38.1 Å². The molecule has 1 N–H and O–H groups in total. The molecule has 3 aromatic carbocycles. The number of carbonyl (C=O) groups excluding carboxylic acids is 2. The zero-order chi connectivity index (χ0) is 25.2. The number of benzene rings is 3. The van der Waals surface area contributed by atoms with E-state index in [1.54, 1.807) is 19.2 Å². The fourth-order valence-corrected chi connectivity index (χ4v) is 6.17. The van der Waals surface area contributed by atoms with Crippen molar-refractivity contribution < 1.29 is 22.7 Å². The minimum absolute atomic E-state index is 0.0327. The van der Waals surface area contributed by atoms with Gasteiger partial charge in [-0.05, 0) is 61.1 Å². The summed E-state index contributed by atoms with van der Waals surface area (Å²) >= 11 is 0. The quantitative estimate of drug-likeness (QED) is 0.401. The molecule has 1 atom stereocenters. The number of carbonyl (C=O) groups is 2. The van der Waals surface area contributed by atoms with Gasteiger partial charge in [-0.2, -0.15) is 0 Å². The normalized spacial score (nSPS) is 14.7. The molecule has 0 radical (unpaired) electrons. The molecule has 0 aromatic heterocycles. The number of rotatable bonds is 8. The summed E-state index contributed by atoms with van der Waals surface area (Å²) < 4.78 is 31.7. The van der Waals surface area contributed by atoms with Gasteiger partial charge in [0.15, 0.2) is 5.78 Å². The van der Waals surface area contributed by atoms with Gasteiger partial charge in [0.05, 0.1) is 22.9 Å². The number of amides is 1. The summed E-state index contributed by atoms with van der Waals surface area (Å²) in [4.78, 5) is 28.0. The summed E-state index contributed by atoms with van der Waals surface area (Å²) in [5.41, 5.74) is 1.42. The lowest BCUT2D eigenvalue weighted by Crippen LogP contribution is -2.38. The van der Waals surface area contributed by atoms with Crippen molar-refractivity contribution in [2.75, 3.05) is 26.7 Å². The Morgan fingerprint density at radius 3 is 2.37 bits per heavy atom. The molecule has 0 bridgehead atoms. The number of hydrogen-bond donors (Lipinski definition) is 1. The molecule has 0 fully saturated rings. The van der Waals surface area contributed by atoms with E-state index in [2.05, 4.69) is 24.1 Å². The van der Waals surface area contributed by atoms with Crippen LogP contribution in [0.4, 0.5) is 0 Å². The molecule has 35 heavy (non-hydrogen) atoms. The number of methoxy groups -OCH3 is 1. The number of nitrogens with one attached hydrogen (secondary N) is 1. The molecule has 1 aliphatic heterocycles. The zero-order valence-electron chi connectivity index (χ0n) is 19.9. The van der Waals surface area contributed by atoms with E-state index in [1.807, 2.05) is 24.3 Å². The Bertz CT molecular complexity index is 1380. The molecule has 1 aliphatic rings. The molecule has 0 spiro atoms. The first-order chi connectivity index (χ1) is 16.8. The molecule has 1 heterocycles. The van der Waals surface area contributed by atoms with Gasteiger partial charge in [0.1, 0.15) is 5.75 Å². The number of hydrogen-bond acceptors (Lipinski definition) is 6. The number of ketones is 1. The van der Waals surface area contributed by atoms with Gasteiger partial charge in [-0.15, -0.1) is 0 Å². The van der Waals surface area contributed by atoms with Gasteiger partial charge >= 0.3 is 0 Å². The lowest BCUT2D eigenvalue weighted by Gasteiger charge is -2.30. The standard InChI is InChI=1S/C27H28N2O5S/c1-4-29(5-2)23(18-9-8-10-20(15-18)34-3)17-28-27(31)19-13-14-22-25(16-19)35(32,33)24-12-7-6-11-21(24)26(22)30/h6-16,23H,4-5,17H2,1-3H3,(H,28,31)/t23-/m0/s1. The average molecular weight is 493 g/mol. The minimum Gasteiger partial charge on any atom is -0.497 e. The Balaban J connectivity index is 1.61. The molecule has 7 nitrogen and oxygen atoms in total. The van der Waals surface area contributed by atoms with Crippen LogP contribution in [-0.4, -0.2) is 51.8 Å². The SMILES string of the molecule is CCN(CC)[C@@H](CNC(=O)c1ccc2c(c1)S(=O)(=O)c1ccccc1C2=O)c1cccc(OC)c1. The van der Waals surface area contributed by atoms with Gasteiger partial charge < -0.3 is 10.1 Å². The predicted octanol–water partition coefficient (Wildman–Crippen LogP) is 3.89. The Morgan fingerprint density at radius 2 is 1.66 bits per heavy atom. The van der Waals surface area contributed by atoms with E-state index >= 15 is 0 Å². The van der Waals surface area contributed by atoms with E-state index in [4.69, 9.17) is 4.74 Å². The topological polar surface area (TPSA) is 92.8 Å². The van der Waals surface area contributed by atoms with Crippen LogP contribution in [0.3, 0.4) is 0 Å². The monoisotopic (exact) mass is 492 g/mol. The molecule has 8 heteroatoms. The maximum Gasteiger partial charge on any atom is 0.251 e. The van der Waals surface area contributed by atoms with Crippen molar-refractivity contribution in [3.63, 3.8) is 0 Å². The summed E-state index contributed by atoms with van der Waals surface area (Å²) in [5, 5.41) is 2.95. The highest BCUT2D eigenvalue weighted by Crippen LogP contribution is 2.34. The Hall–Kier alpha value is -3.49. The van der Waals surface area contributed by atoms with Crippen molar-refractivity contribution in [1.82, 2.24) is 10.2 Å². The van der Waals surface area contributed by atoms with E-state index in [1.165, 1.54) is 30.3 Å². The molecule has 0 saturated heterocycles. The van der Waals surface area contributed by atoms with Crippen molar-refractivity contribution in [3.8, 4) is 5.75 Å². The summed E-state index contributed by atoms with van der Waals surface area (Å²) in [6.45, 7) is 6.00. The minimum atomic E-state index is -3.92. The van der Waals surface area contributed by atoms with Gasteiger partial charge in [-0.3, -0.25) is 14.5 Å². The maximum absolute atomic E-state index is 13.2. The lowest BCUT2D eigenvalue weighted by atomic mass is 10.0. The Morgan fingerprint density at radius 1 is 0.943 bits per heavy atom. The van der Waals surface area contributed by atoms with Crippen molar-refractivity contribution in [2.24, 2.45) is 0 Å². The number of fused-ring (bicyclic) bond motifs is 2. The maximum atomic E-state index is 13.2. The van der Waals surface area contributed by atoms with E-state index in [-0.39, 0.29) is 38.3 Å². The van der Waals surface area contributed by atoms with E-state index in [0.717, 1.165) is 24.4 Å². The van der Waals surface area contributed by atoms with Crippen LogP contribution in [0.1, 0.15) is 51.7 Å². The van der Waals surface area contributed by atoms with Gasteiger partial charge in [0.25, 0.3) is 5.91 Å². The Labute approximate surface area is 205 Å². The van der Waals surface area contributed by atoms with Crippen LogP contribution in [0.5, 0.6) is 5.75 Å². The van der Waals surface area contributed by atoms with Gasteiger partial charge in [0, 0.05) is 23.2 Å². The number of nitrogens with zero attached hydrogens (tertiary/aromatic N) is 1. The average Bonchev–Trinajstić information content (AvgIpc) is 2.89. The largest absolute Gasteiger partial charge is 0.497 e. The van der Waals surface area contributed by atoms with Crippen LogP contribution in [-0.2, 0) is 9.84 Å². The van der Waals surface area contributed by atoms with Crippen molar-refractivity contribution in [1.29, 1.82) is 0 Å². The molecular weight excluding hydrogens is 464 g/mol. The highest BCUT2D eigenvalue weighted by atomic mass is 32.2. The van der Waals surface area contributed by atoms with Crippen molar-refractivity contribution >= 4 is 21.5 Å².